The minimum absolute atomic E-state index is 0.00552. The van der Waals surface area contributed by atoms with Crippen molar-refractivity contribution in [3.05, 3.63) is 59.7 Å². The topological polar surface area (TPSA) is 60.0 Å². The second-order valence-electron chi connectivity index (χ2n) is 6.64. The number of nitrogens with zero attached hydrogens (tertiary/aromatic N) is 1. The molecule has 0 saturated heterocycles. The van der Waals surface area contributed by atoms with E-state index in [0.29, 0.717) is 24.7 Å². The van der Waals surface area contributed by atoms with Gasteiger partial charge in [-0.1, -0.05) is 24.3 Å². The average Bonchev–Trinajstić information content (AvgIpc) is 2.73. The van der Waals surface area contributed by atoms with Crippen LogP contribution in [0.1, 0.15) is 24.1 Å². The Hall–Kier alpha value is -2.99. The molecule has 0 heterocycles. The van der Waals surface area contributed by atoms with E-state index in [2.05, 4.69) is 10.2 Å². The zero-order valence-electron chi connectivity index (χ0n) is 17.8. The molecule has 0 aromatic heterocycles. The summed E-state index contributed by atoms with van der Waals surface area (Å²) in [6, 6.07) is 13.4. The molecule has 6 heteroatoms. The lowest BCUT2D eigenvalue weighted by Gasteiger charge is -2.26. The molecule has 0 aliphatic heterocycles. The normalized spacial score (nSPS) is 12.1. The standard InChI is InChI=1S/C23H30N2O4/c1-6-29-22-15-17(11-13-21(22)28-5)12-14-23(26)24-16-19(25(2)3)18-9-7-8-10-20(18)27-4/h7-15,19H,6,16H2,1-5H3,(H,24,26)/b14-12+. The first-order valence-corrected chi connectivity index (χ1v) is 9.56. The molecule has 29 heavy (non-hydrogen) atoms. The van der Waals surface area contributed by atoms with Crippen molar-refractivity contribution >= 4 is 12.0 Å². The third-order valence-corrected chi connectivity index (χ3v) is 4.51. The maximum Gasteiger partial charge on any atom is 0.244 e. The summed E-state index contributed by atoms with van der Waals surface area (Å²) in [6.07, 6.45) is 3.28. The third kappa shape index (κ3) is 6.26. The fraction of sp³-hybridized carbons (Fsp3) is 0.348. The number of amides is 1. The van der Waals surface area contributed by atoms with Gasteiger partial charge in [0.1, 0.15) is 5.75 Å². The van der Waals surface area contributed by atoms with E-state index < -0.39 is 0 Å². The SMILES string of the molecule is CCOc1cc(/C=C/C(=O)NCC(c2ccccc2OC)N(C)C)ccc1OC. The third-order valence-electron chi connectivity index (χ3n) is 4.51. The number of carbonyl (C=O) groups is 1. The predicted octanol–water partition coefficient (Wildman–Crippen LogP) is 3.53. The lowest BCUT2D eigenvalue weighted by Crippen LogP contribution is -2.33. The van der Waals surface area contributed by atoms with Gasteiger partial charge in [0.25, 0.3) is 0 Å². The molecular formula is C23H30N2O4. The molecule has 1 amide bonds. The van der Waals surface area contributed by atoms with Gasteiger partial charge in [-0.15, -0.1) is 0 Å². The average molecular weight is 399 g/mol. The van der Waals surface area contributed by atoms with Crippen molar-refractivity contribution in [2.75, 3.05) is 41.5 Å². The summed E-state index contributed by atoms with van der Waals surface area (Å²) < 4.78 is 16.3. The summed E-state index contributed by atoms with van der Waals surface area (Å²) in [4.78, 5) is 14.4. The Kier molecular flexibility index (Phi) is 8.55. The molecule has 0 spiro atoms. The van der Waals surface area contributed by atoms with E-state index in [-0.39, 0.29) is 11.9 Å². The fourth-order valence-corrected chi connectivity index (χ4v) is 3.01. The molecule has 1 atom stereocenters. The van der Waals surface area contributed by atoms with Gasteiger partial charge in [0.2, 0.25) is 5.91 Å². The Labute approximate surface area is 173 Å². The van der Waals surface area contributed by atoms with Gasteiger partial charge in [-0.25, -0.2) is 0 Å². The molecule has 156 valence electrons. The molecule has 0 aliphatic rings. The summed E-state index contributed by atoms with van der Waals surface area (Å²) in [7, 11) is 7.21. The summed E-state index contributed by atoms with van der Waals surface area (Å²) >= 11 is 0. The Morgan fingerprint density at radius 3 is 2.45 bits per heavy atom. The number of nitrogens with one attached hydrogen (secondary N) is 1. The van der Waals surface area contributed by atoms with Crippen LogP contribution in [0.2, 0.25) is 0 Å². The smallest absolute Gasteiger partial charge is 0.244 e. The molecule has 2 aromatic rings. The van der Waals surface area contributed by atoms with Crippen LogP contribution in [0.3, 0.4) is 0 Å². The lowest BCUT2D eigenvalue weighted by atomic mass is 10.0. The molecule has 2 rings (SSSR count). The first-order chi connectivity index (χ1) is 14.0. The number of hydrogen-bond acceptors (Lipinski definition) is 5. The highest BCUT2D eigenvalue weighted by Gasteiger charge is 2.18. The Morgan fingerprint density at radius 2 is 1.79 bits per heavy atom. The van der Waals surface area contributed by atoms with E-state index in [9.17, 15) is 4.79 Å². The first-order valence-electron chi connectivity index (χ1n) is 9.56. The largest absolute Gasteiger partial charge is 0.496 e. The number of para-hydroxylation sites is 1. The number of methoxy groups -OCH3 is 2. The molecule has 0 saturated carbocycles. The van der Waals surface area contributed by atoms with Crippen LogP contribution in [-0.4, -0.2) is 52.3 Å². The van der Waals surface area contributed by atoms with Crippen LogP contribution in [0.5, 0.6) is 17.2 Å². The van der Waals surface area contributed by atoms with Crippen molar-refractivity contribution in [3.8, 4) is 17.2 Å². The zero-order valence-corrected chi connectivity index (χ0v) is 17.8. The van der Waals surface area contributed by atoms with Crippen LogP contribution in [0, 0.1) is 0 Å². The molecule has 0 bridgehead atoms. The molecule has 0 fully saturated rings. The number of likely N-dealkylation sites (N-methyl/N-ethyl adjacent to an activating group) is 1. The van der Waals surface area contributed by atoms with Gasteiger partial charge in [0.05, 0.1) is 26.9 Å². The van der Waals surface area contributed by atoms with Crippen LogP contribution < -0.4 is 19.5 Å². The predicted molar refractivity (Wildman–Crippen MR) is 116 cm³/mol. The summed E-state index contributed by atoms with van der Waals surface area (Å²) in [6.45, 7) is 2.92. The second kappa shape index (κ2) is 11.1. The van der Waals surface area contributed by atoms with Crippen molar-refractivity contribution in [1.29, 1.82) is 0 Å². The fourth-order valence-electron chi connectivity index (χ4n) is 3.01. The summed E-state index contributed by atoms with van der Waals surface area (Å²) in [5.74, 6) is 1.96. The number of rotatable bonds is 10. The van der Waals surface area contributed by atoms with Crippen molar-refractivity contribution in [2.24, 2.45) is 0 Å². The van der Waals surface area contributed by atoms with Crippen LogP contribution in [0.4, 0.5) is 0 Å². The number of ether oxygens (including phenoxy) is 3. The highest BCUT2D eigenvalue weighted by Crippen LogP contribution is 2.29. The van der Waals surface area contributed by atoms with Crippen LogP contribution in [-0.2, 0) is 4.79 Å². The minimum atomic E-state index is -0.166. The van der Waals surface area contributed by atoms with E-state index in [4.69, 9.17) is 14.2 Å². The van der Waals surface area contributed by atoms with Gasteiger partial charge >= 0.3 is 0 Å². The monoisotopic (exact) mass is 398 g/mol. The molecule has 0 radical (unpaired) electrons. The van der Waals surface area contributed by atoms with E-state index >= 15 is 0 Å². The maximum atomic E-state index is 12.4. The quantitative estimate of drug-likeness (QED) is 0.621. The van der Waals surface area contributed by atoms with Crippen LogP contribution in [0.15, 0.2) is 48.5 Å². The van der Waals surface area contributed by atoms with Gasteiger partial charge in [-0.2, -0.15) is 0 Å². The summed E-state index contributed by atoms with van der Waals surface area (Å²) in [5, 5.41) is 2.97. The number of benzene rings is 2. The highest BCUT2D eigenvalue weighted by molar-refractivity contribution is 5.91. The maximum absolute atomic E-state index is 12.4. The molecule has 6 nitrogen and oxygen atoms in total. The van der Waals surface area contributed by atoms with Crippen molar-refractivity contribution in [1.82, 2.24) is 10.2 Å². The zero-order chi connectivity index (χ0) is 21.2. The Bertz CT molecular complexity index is 833. The molecule has 0 aliphatic carbocycles. The van der Waals surface area contributed by atoms with Crippen LogP contribution >= 0.6 is 0 Å². The Morgan fingerprint density at radius 1 is 1.07 bits per heavy atom. The molecule has 1 unspecified atom stereocenters. The first kappa shape index (κ1) is 22.3. The van der Waals surface area contributed by atoms with Gasteiger partial charge in [0, 0.05) is 18.2 Å². The van der Waals surface area contributed by atoms with Crippen molar-refractivity contribution in [2.45, 2.75) is 13.0 Å². The summed E-state index contributed by atoms with van der Waals surface area (Å²) in [5.41, 5.74) is 1.89. The number of carbonyl (C=O) groups excluding carboxylic acids is 1. The lowest BCUT2D eigenvalue weighted by molar-refractivity contribution is -0.116. The molecule has 1 N–H and O–H groups in total. The van der Waals surface area contributed by atoms with Crippen LogP contribution in [0.25, 0.3) is 6.08 Å². The van der Waals surface area contributed by atoms with Gasteiger partial charge in [-0.05, 0) is 50.9 Å². The van der Waals surface area contributed by atoms with E-state index in [1.165, 1.54) is 6.08 Å². The van der Waals surface area contributed by atoms with Crippen molar-refractivity contribution in [3.63, 3.8) is 0 Å². The van der Waals surface area contributed by atoms with Crippen molar-refractivity contribution < 1.29 is 19.0 Å². The number of hydrogen-bond donors (Lipinski definition) is 1. The van der Waals surface area contributed by atoms with E-state index in [0.717, 1.165) is 16.9 Å². The van der Waals surface area contributed by atoms with E-state index in [1.54, 1.807) is 20.3 Å². The van der Waals surface area contributed by atoms with Gasteiger partial charge < -0.3 is 24.4 Å². The molecule has 2 aromatic carbocycles. The van der Waals surface area contributed by atoms with Gasteiger partial charge in [-0.3, -0.25) is 4.79 Å². The second-order valence-corrected chi connectivity index (χ2v) is 6.64. The minimum Gasteiger partial charge on any atom is -0.496 e. The van der Waals surface area contributed by atoms with Gasteiger partial charge in [0.15, 0.2) is 11.5 Å². The highest BCUT2D eigenvalue weighted by atomic mass is 16.5. The molecular weight excluding hydrogens is 368 g/mol. The van der Waals surface area contributed by atoms with E-state index in [1.807, 2.05) is 63.5 Å². The Balaban J connectivity index is 2.05.